The van der Waals surface area contributed by atoms with Gasteiger partial charge in [0.15, 0.2) is 0 Å². The molecule has 1 amide bonds. The summed E-state index contributed by atoms with van der Waals surface area (Å²) < 4.78 is 0. The average Bonchev–Trinajstić information content (AvgIpc) is 3.10. The van der Waals surface area contributed by atoms with Gasteiger partial charge in [0, 0.05) is 23.2 Å². The van der Waals surface area contributed by atoms with Gasteiger partial charge in [0.05, 0.1) is 0 Å². The van der Waals surface area contributed by atoms with E-state index in [0.29, 0.717) is 23.0 Å². The summed E-state index contributed by atoms with van der Waals surface area (Å²) in [4.78, 5) is 11.8. The molecule has 5 heteroatoms. The van der Waals surface area contributed by atoms with E-state index in [1.165, 1.54) is 12.8 Å². The molecule has 3 N–H and O–H groups in total. The van der Waals surface area contributed by atoms with Crippen molar-refractivity contribution in [3.8, 4) is 0 Å². The second kappa shape index (κ2) is 6.24. The lowest BCUT2D eigenvalue weighted by atomic mass is 10.1. The van der Waals surface area contributed by atoms with E-state index in [1.54, 1.807) is 24.3 Å². The van der Waals surface area contributed by atoms with Crippen LogP contribution in [0.5, 0.6) is 0 Å². The van der Waals surface area contributed by atoms with Gasteiger partial charge in [0.1, 0.15) is 0 Å². The minimum absolute atomic E-state index is 0. The molecule has 0 aliphatic heterocycles. The standard InChI is InChI=1S/C12H15ClN2O.ClH/c13-10-5-3-9(4-6-10)12(16)15-11(7-14)8-1-2-8;/h3-6,8,11H,1-2,7,14H2,(H,15,16);1H. The lowest BCUT2D eigenvalue weighted by Crippen LogP contribution is -2.41. The molecule has 0 radical (unpaired) electrons. The van der Waals surface area contributed by atoms with E-state index in [-0.39, 0.29) is 24.4 Å². The molecule has 94 valence electrons. The van der Waals surface area contributed by atoms with Crippen molar-refractivity contribution in [3.05, 3.63) is 34.9 Å². The number of halogens is 2. The number of carbonyl (C=O) groups excluding carboxylic acids is 1. The molecule has 17 heavy (non-hydrogen) atoms. The summed E-state index contributed by atoms with van der Waals surface area (Å²) in [5, 5.41) is 3.59. The quantitative estimate of drug-likeness (QED) is 0.885. The Hall–Kier alpha value is -0.770. The number of nitrogens with two attached hydrogens (primary N) is 1. The smallest absolute Gasteiger partial charge is 0.251 e. The van der Waals surface area contributed by atoms with E-state index in [2.05, 4.69) is 5.32 Å². The Balaban J connectivity index is 0.00000144. The Morgan fingerprint density at radius 1 is 1.41 bits per heavy atom. The molecular weight excluding hydrogens is 259 g/mol. The fourth-order valence-corrected chi connectivity index (χ4v) is 1.85. The van der Waals surface area contributed by atoms with Crippen molar-refractivity contribution >= 4 is 29.9 Å². The topological polar surface area (TPSA) is 55.1 Å². The first-order chi connectivity index (χ1) is 7.70. The van der Waals surface area contributed by atoms with Crippen molar-refractivity contribution in [1.82, 2.24) is 5.32 Å². The molecular formula is C12H16Cl2N2O. The SMILES string of the molecule is Cl.NCC(NC(=O)c1ccc(Cl)cc1)C1CC1. The summed E-state index contributed by atoms with van der Waals surface area (Å²) in [5.74, 6) is 0.500. The third-order valence-electron chi connectivity index (χ3n) is 2.87. The van der Waals surface area contributed by atoms with E-state index in [4.69, 9.17) is 17.3 Å². The highest BCUT2D eigenvalue weighted by Gasteiger charge is 2.31. The Morgan fingerprint density at radius 3 is 2.47 bits per heavy atom. The molecule has 0 heterocycles. The molecule has 2 rings (SSSR count). The zero-order valence-electron chi connectivity index (χ0n) is 9.36. The van der Waals surface area contributed by atoms with E-state index in [0.717, 1.165) is 0 Å². The fourth-order valence-electron chi connectivity index (χ4n) is 1.72. The Bertz CT molecular complexity index is 377. The van der Waals surface area contributed by atoms with Gasteiger partial charge in [0.25, 0.3) is 5.91 Å². The van der Waals surface area contributed by atoms with Crippen molar-refractivity contribution in [1.29, 1.82) is 0 Å². The van der Waals surface area contributed by atoms with E-state index >= 15 is 0 Å². The van der Waals surface area contributed by atoms with Crippen LogP contribution in [0.4, 0.5) is 0 Å². The molecule has 0 bridgehead atoms. The van der Waals surface area contributed by atoms with Gasteiger partial charge in [-0.25, -0.2) is 0 Å². The first kappa shape index (κ1) is 14.3. The number of carbonyl (C=O) groups is 1. The second-order valence-corrected chi connectivity index (χ2v) is 4.60. The van der Waals surface area contributed by atoms with Crippen LogP contribution in [-0.2, 0) is 0 Å². The Morgan fingerprint density at radius 2 is 2.00 bits per heavy atom. The first-order valence-electron chi connectivity index (χ1n) is 5.47. The van der Waals surface area contributed by atoms with Crippen LogP contribution < -0.4 is 11.1 Å². The third kappa shape index (κ3) is 3.87. The van der Waals surface area contributed by atoms with Gasteiger partial charge < -0.3 is 11.1 Å². The van der Waals surface area contributed by atoms with Crippen molar-refractivity contribution in [2.45, 2.75) is 18.9 Å². The van der Waals surface area contributed by atoms with Crippen LogP contribution in [0.15, 0.2) is 24.3 Å². The summed E-state index contributed by atoms with van der Waals surface area (Å²) in [7, 11) is 0. The van der Waals surface area contributed by atoms with Crippen LogP contribution >= 0.6 is 24.0 Å². The molecule has 1 aliphatic rings. The molecule has 0 aromatic heterocycles. The number of benzene rings is 1. The highest BCUT2D eigenvalue weighted by Crippen LogP contribution is 2.32. The lowest BCUT2D eigenvalue weighted by molar-refractivity contribution is 0.0933. The van der Waals surface area contributed by atoms with Crippen LogP contribution in [-0.4, -0.2) is 18.5 Å². The summed E-state index contributed by atoms with van der Waals surface area (Å²) in [6.07, 6.45) is 2.34. The molecule has 1 aromatic rings. The zero-order valence-corrected chi connectivity index (χ0v) is 10.9. The van der Waals surface area contributed by atoms with Crippen molar-refractivity contribution < 1.29 is 4.79 Å². The normalized spacial score (nSPS) is 15.9. The number of amides is 1. The number of nitrogens with one attached hydrogen (secondary N) is 1. The second-order valence-electron chi connectivity index (χ2n) is 4.16. The van der Waals surface area contributed by atoms with Crippen LogP contribution in [0.25, 0.3) is 0 Å². The zero-order chi connectivity index (χ0) is 11.5. The van der Waals surface area contributed by atoms with Gasteiger partial charge in [-0.05, 0) is 43.0 Å². The van der Waals surface area contributed by atoms with Gasteiger partial charge in [-0.1, -0.05) is 11.6 Å². The summed E-state index contributed by atoms with van der Waals surface area (Å²) >= 11 is 5.76. The minimum Gasteiger partial charge on any atom is -0.348 e. The number of rotatable bonds is 4. The minimum atomic E-state index is -0.0704. The maximum atomic E-state index is 11.8. The van der Waals surface area contributed by atoms with Gasteiger partial charge in [-0.2, -0.15) is 0 Å². The molecule has 1 aromatic carbocycles. The predicted octanol–water partition coefficient (Wildman–Crippen LogP) is 2.23. The number of hydrogen-bond acceptors (Lipinski definition) is 2. The maximum Gasteiger partial charge on any atom is 0.251 e. The van der Waals surface area contributed by atoms with Gasteiger partial charge in [-0.3, -0.25) is 4.79 Å². The molecule has 1 fully saturated rings. The summed E-state index contributed by atoms with van der Waals surface area (Å²) in [6, 6.07) is 6.98. The fraction of sp³-hybridized carbons (Fsp3) is 0.417. The largest absolute Gasteiger partial charge is 0.348 e. The molecule has 1 atom stereocenters. The van der Waals surface area contributed by atoms with Crippen LogP contribution in [0.1, 0.15) is 23.2 Å². The maximum absolute atomic E-state index is 11.8. The Kier molecular flexibility index (Phi) is 5.25. The van der Waals surface area contributed by atoms with Gasteiger partial charge in [-0.15, -0.1) is 12.4 Å². The Labute approximate surface area is 112 Å². The highest BCUT2D eigenvalue weighted by molar-refractivity contribution is 6.30. The van der Waals surface area contributed by atoms with Crippen LogP contribution in [0, 0.1) is 5.92 Å². The molecule has 3 nitrogen and oxygen atoms in total. The summed E-state index contributed by atoms with van der Waals surface area (Å²) in [6.45, 7) is 0.504. The van der Waals surface area contributed by atoms with Gasteiger partial charge in [0.2, 0.25) is 0 Å². The van der Waals surface area contributed by atoms with E-state index in [1.807, 2.05) is 0 Å². The molecule has 0 spiro atoms. The summed E-state index contributed by atoms with van der Waals surface area (Å²) in [5.41, 5.74) is 6.26. The van der Waals surface area contributed by atoms with Gasteiger partial charge >= 0.3 is 0 Å². The lowest BCUT2D eigenvalue weighted by Gasteiger charge is -2.15. The van der Waals surface area contributed by atoms with Crippen molar-refractivity contribution in [2.75, 3.05) is 6.54 Å². The van der Waals surface area contributed by atoms with Crippen LogP contribution in [0.2, 0.25) is 5.02 Å². The first-order valence-corrected chi connectivity index (χ1v) is 5.85. The monoisotopic (exact) mass is 274 g/mol. The third-order valence-corrected chi connectivity index (χ3v) is 3.12. The highest BCUT2D eigenvalue weighted by atomic mass is 35.5. The number of hydrogen-bond donors (Lipinski definition) is 2. The van der Waals surface area contributed by atoms with Crippen molar-refractivity contribution in [2.24, 2.45) is 11.7 Å². The van der Waals surface area contributed by atoms with E-state index in [9.17, 15) is 4.79 Å². The molecule has 0 saturated heterocycles. The molecule has 1 aliphatic carbocycles. The average molecular weight is 275 g/mol. The van der Waals surface area contributed by atoms with E-state index < -0.39 is 0 Å². The van der Waals surface area contributed by atoms with Crippen molar-refractivity contribution in [3.63, 3.8) is 0 Å². The molecule has 1 unspecified atom stereocenters. The molecule has 1 saturated carbocycles. The van der Waals surface area contributed by atoms with Crippen LogP contribution in [0.3, 0.4) is 0 Å². The predicted molar refractivity (Wildman–Crippen MR) is 71.7 cm³/mol.